The highest BCUT2D eigenvalue weighted by molar-refractivity contribution is 5.79. The van der Waals surface area contributed by atoms with Gasteiger partial charge in [0.25, 0.3) is 5.69 Å². The number of aryl methyl sites for hydroxylation is 1. The van der Waals surface area contributed by atoms with Crippen molar-refractivity contribution in [1.29, 1.82) is 0 Å². The molecule has 1 atom stereocenters. The molecule has 2 aromatic rings. The maximum Gasteiger partial charge on any atom is 0.269 e. The second-order valence-electron chi connectivity index (χ2n) is 5.26. The first kappa shape index (κ1) is 16.7. The lowest BCUT2D eigenvalue weighted by molar-refractivity contribution is -0.384. The lowest BCUT2D eigenvalue weighted by Crippen LogP contribution is -2.29. The average molecular weight is 316 g/mol. The van der Waals surface area contributed by atoms with Gasteiger partial charge in [-0.3, -0.25) is 19.6 Å². The first-order valence-electron chi connectivity index (χ1n) is 7.58. The van der Waals surface area contributed by atoms with E-state index >= 15 is 0 Å². The van der Waals surface area contributed by atoms with Gasteiger partial charge in [-0.25, -0.2) is 0 Å². The van der Waals surface area contributed by atoms with Crippen molar-refractivity contribution in [2.45, 2.75) is 39.3 Å². The summed E-state index contributed by atoms with van der Waals surface area (Å²) >= 11 is 0. The molecule has 0 aliphatic carbocycles. The minimum Gasteiger partial charge on any atom is -0.349 e. The second-order valence-corrected chi connectivity index (χ2v) is 5.26. The summed E-state index contributed by atoms with van der Waals surface area (Å²) in [5.41, 5.74) is 1.57. The molecule has 0 saturated carbocycles. The first-order valence-corrected chi connectivity index (χ1v) is 7.58. The molecule has 0 fully saturated rings. The molecule has 122 valence electrons. The van der Waals surface area contributed by atoms with Gasteiger partial charge in [-0.15, -0.1) is 0 Å². The highest BCUT2D eigenvalue weighted by Crippen LogP contribution is 2.17. The molecule has 1 aromatic carbocycles. The Bertz CT molecular complexity index is 696. The molecule has 0 spiro atoms. The normalized spacial score (nSPS) is 11.9. The molecule has 1 aromatic heterocycles. The van der Waals surface area contributed by atoms with Crippen molar-refractivity contribution in [3.63, 3.8) is 0 Å². The molecule has 0 unspecified atom stereocenters. The molecule has 2 rings (SSSR count). The highest BCUT2D eigenvalue weighted by atomic mass is 16.6. The van der Waals surface area contributed by atoms with Crippen molar-refractivity contribution in [3.05, 3.63) is 57.9 Å². The topological polar surface area (TPSA) is 90.1 Å². The number of carbonyl (C=O) groups is 1. The molecule has 7 nitrogen and oxygen atoms in total. The van der Waals surface area contributed by atoms with Gasteiger partial charge in [0.15, 0.2) is 0 Å². The van der Waals surface area contributed by atoms with Crippen LogP contribution in [0.15, 0.2) is 36.7 Å². The minimum atomic E-state index is -0.463. The van der Waals surface area contributed by atoms with Crippen molar-refractivity contribution in [1.82, 2.24) is 15.1 Å². The van der Waals surface area contributed by atoms with E-state index in [0.29, 0.717) is 5.56 Å². The van der Waals surface area contributed by atoms with Crippen LogP contribution in [-0.2, 0) is 17.8 Å². The number of aromatic nitrogens is 2. The number of nitrogens with one attached hydrogen (secondary N) is 1. The van der Waals surface area contributed by atoms with E-state index in [0.717, 1.165) is 18.5 Å². The predicted octanol–water partition coefficient (Wildman–Crippen LogP) is 2.62. The summed E-state index contributed by atoms with van der Waals surface area (Å²) in [5, 5.41) is 17.9. The molecular weight excluding hydrogens is 296 g/mol. The molecule has 0 radical (unpaired) electrons. The maximum absolute atomic E-state index is 12.2. The van der Waals surface area contributed by atoms with Crippen LogP contribution >= 0.6 is 0 Å². The van der Waals surface area contributed by atoms with Crippen LogP contribution in [0.25, 0.3) is 0 Å². The minimum absolute atomic E-state index is 0.00781. The summed E-state index contributed by atoms with van der Waals surface area (Å²) in [7, 11) is 0. The summed E-state index contributed by atoms with van der Waals surface area (Å²) in [6.45, 7) is 4.76. The van der Waals surface area contributed by atoms with E-state index in [4.69, 9.17) is 0 Å². The lowest BCUT2D eigenvalue weighted by Gasteiger charge is -2.15. The Labute approximate surface area is 134 Å². The van der Waals surface area contributed by atoms with Crippen molar-refractivity contribution in [3.8, 4) is 0 Å². The average Bonchev–Trinajstić information content (AvgIpc) is 3.01. The number of carbonyl (C=O) groups excluding carboxylic acids is 1. The Kier molecular flexibility index (Phi) is 5.46. The van der Waals surface area contributed by atoms with Gasteiger partial charge in [0.2, 0.25) is 5.91 Å². The van der Waals surface area contributed by atoms with Crippen LogP contribution in [0.2, 0.25) is 0 Å². The zero-order valence-electron chi connectivity index (χ0n) is 13.2. The molecule has 0 saturated heterocycles. The van der Waals surface area contributed by atoms with Gasteiger partial charge < -0.3 is 5.32 Å². The van der Waals surface area contributed by atoms with E-state index in [9.17, 15) is 14.9 Å². The van der Waals surface area contributed by atoms with Crippen LogP contribution < -0.4 is 5.32 Å². The van der Waals surface area contributed by atoms with Gasteiger partial charge in [-0.05, 0) is 18.9 Å². The Morgan fingerprint density at radius 2 is 2.22 bits per heavy atom. The fraction of sp³-hybridized carbons (Fsp3) is 0.375. The number of nitrogens with zero attached hydrogens (tertiary/aromatic N) is 3. The largest absolute Gasteiger partial charge is 0.349 e. The zero-order valence-corrected chi connectivity index (χ0v) is 13.2. The fourth-order valence-corrected chi connectivity index (χ4v) is 2.36. The van der Waals surface area contributed by atoms with Gasteiger partial charge in [0, 0.05) is 30.4 Å². The van der Waals surface area contributed by atoms with Crippen molar-refractivity contribution >= 4 is 11.6 Å². The van der Waals surface area contributed by atoms with Gasteiger partial charge >= 0.3 is 0 Å². The van der Waals surface area contributed by atoms with E-state index in [1.165, 1.54) is 12.1 Å². The van der Waals surface area contributed by atoms with Crippen LogP contribution in [0, 0.1) is 10.1 Å². The summed E-state index contributed by atoms with van der Waals surface area (Å²) in [5.74, 6) is -0.165. The number of hydrogen-bond acceptors (Lipinski definition) is 4. The van der Waals surface area contributed by atoms with Gasteiger partial charge in [0.1, 0.15) is 0 Å². The molecule has 1 heterocycles. The van der Waals surface area contributed by atoms with Crippen LogP contribution in [0.1, 0.15) is 37.4 Å². The van der Waals surface area contributed by atoms with E-state index in [2.05, 4.69) is 10.4 Å². The molecule has 0 bridgehead atoms. The molecule has 0 aliphatic rings. The second kappa shape index (κ2) is 7.53. The Morgan fingerprint density at radius 3 is 2.83 bits per heavy atom. The fourth-order valence-electron chi connectivity index (χ4n) is 2.36. The van der Waals surface area contributed by atoms with Crippen LogP contribution in [0.4, 0.5) is 5.69 Å². The third kappa shape index (κ3) is 4.38. The molecule has 1 amide bonds. The van der Waals surface area contributed by atoms with Crippen LogP contribution in [0.3, 0.4) is 0 Å². The van der Waals surface area contributed by atoms with E-state index in [1.54, 1.807) is 18.3 Å². The third-order valence-corrected chi connectivity index (χ3v) is 3.61. The predicted molar refractivity (Wildman–Crippen MR) is 85.9 cm³/mol. The first-order chi connectivity index (χ1) is 11.0. The van der Waals surface area contributed by atoms with Gasteiger partial charge in [-0.2, -0.15) is 5.10 Å². The van der Waals surface area contributed by atoms with Crippen molar-refractivity contribution in [2.75, 3.05) is 0 Å². The molecule has 7 heteroatoms. The summed E-state index contributed by atoms with van der Waals surface area (Å²) in [6.07, 6.45) is 4.53. The lowest BCUT2D eigenvalue weighted by atomic mass is 10.1. The number of nitro groups is 1. The SMILES string of the molecule is CC[C@H](NC(=O)Cc1cccc([N+](=O)[O-])c1)c1cnn(CC)c1. The Morgan fingerprint density at radius 1 is 1.43 bits per heavy atom. The monoisotopic (exact) mass is 316 g/mol. The summed E-state index contributed by atoms with van der Waals surface area (Å²) in [4.78, 5) is 22.5. The quantitative estimate of drug-likeness (QED) is 0.628. The van der Waals surface area contributed by atoms with Gasteiger partial charge in [-0.1, -0.05) is 19.1 Å². The number of hydrogen-bond donors (Lipinski definition) is 1. The van der Waals surface area contributed by atoms with Crippen LogP contribution in [0.5, 0.6) is 0 Å². The Hall–Kier alpha value is -2.70. The van der Waals surface area contributed by atoms with E-state index < -0.39 is 4.92 Å². The number of rotatable bonds is 7. The number of benzene rings is 1. The smallest absolute Gasteiger partial charge is 0.269 e. The van der Waals surface area contributed by atoms with E-state index in [-0.39, 0.29) is 24.1 Å². The van der Waals surface area contributed by atoms with Crippen molar-refractivity contribution < 1.29 is 9.72 Å². The standard InChI is InChI=1S/C16H20N4O3/c1-3-15(13-10-17-19(4-2)11-13)18-16(21)9-12-6-5-7-14(8-12)20(22)23/h5-8,10-11,15H,3-4,9H2,1-2H3,(H,18,21)/t15-/m0/s1. The van der Waals surface area contributed by atoms with Gasteiger partial charge in [0.05, 0.1) is 23.6 Å². The third-order valence-electron chi connectivity index (χ3n) is 3.61. The number of nitro benzene ring substituents is 1. The molecule has 23 heavy (non-hydrogen) atoms. The van der Waals surface area contributed by atoms with E-state index in [1.807, 2.05) is 24.7 Å². The Balaban J connectivity index is 2.02. The van der Waals surface area contributed by atoms with Crippen LogP contribution in [-0.4, -0.2) is 20.6 Å². The zero-order chi connectivity index (χ0) is 16.8. The summed E-state index contributed by atoms with van der Waals surface area (Å²) < 4.78 is 1.81. The maximum atomic E-state index is 12.2. The number of amides is 1. The summed E-state index contributed by atoms with van der Waals surface area (Å²) in [6, 6.07) is 6.03. The molecule has 0 aliphatic heterocycles. The number of non-ortho nitro benzene ring substituents is 1. The molecule has 1 N–H and O–H groups in total. The van der Waals surface area contributed by atoms with Crippen molar-refractivity contribution in [2.24, 2.45) is 0 Å². The highest BCUT2D eigenvalue weighted by Gasteiger charge is 2.15. The molecular formula is C16H20N4O3.